The molecule has 104 valence electrons. The molecule has 2 aromatic rings. The molecular weight excluding hydrogens is 250 g/mol. The second-order valence-corrected chi connectivity index (χ2v) is 6.15. The molecule has 20 heavy (non-hydrogen) atoms. The van der Waals surface area contributed by atoms with Gasteiger partial charge in [-0.25, -0.2) is 0 Å². The maximum absolute atomic E-state index is 6.22. The number of hydrogen-bond donors (Lipinski definition) is 1. The van der Waals surface area contributed by atoms with Crippen molar-refractivity contribution in [1.29, 1.82) is 0 Å². The van der Waals surface area contributed by atoms with Gasteiger partial charge in [0.1, 0.15) is 0 Å². The Kier molecular flexibility index (Phi) is 2.67. The Morgan fingerprint density at radius 1 is 1.15 bits per heavy atom. The van der Waals surface area contributed by atoms with Crippen LogP contribution in [-0.2, 0) is 24.8 Å². The largest absolute Gasteiger partial charge is 0.339 e. The van der Waals surface area contributed by atoms with Crippen LogP contribution < -0.4 is 5.73 Å². The lowest BCUT2D eigenvalue weighted by Gasteiger charge is -2.34. The van der Waals surface area contributed by atoms with Gasteiger partial charge in [-0.1, -0.05) is 23.4 Å². The third-order valence-corrected chi connectivity index (χ3v) is 4.68. The summed E-state index contributed by atoms with van der Waals surface area (Å²) in [4.78, 5) is 4.49. The number of fused-ring (bicyclic) bond motifs is 1. The quantitative estimate of drug-likeness (QED) is 0.929. The van der Waals surface area contributed by atoms with E-state index in [9.17, 15) is 0 Å². The summed E-state index contributed by atoms with van der Waals surface area (Å²) >= 11 is 0. The van der Waals surface area contributed by atoms with Crippen LogP contribution in [0.1, 0.15) is 54.1 Å². The van der Waals surface area contributed by atoms with Crippen molar-refractivity contribution in [1.82, 2.24) is 10.1 Å². The zero-order valence-electron chi connectivity index (χ0n) is 11.6. The van der Waals surface area contributed by atoms with Gasteiger partial charge in [-0.3, -0.25) is 0 Å². The lowest BCUT2D eigenvalue weighted by Crippen LogP contribution is -2.44. The lowest BCUT2D eigenvalue weighted by atomic mass is 9.77. The molecule has 2 aliphatic carbocycles. The average molecular weight is 269 g/mol. The standard InChI is InChI=1S/C16H19N3O/c17-16(7-2-8-16)15-18-14(20-19-15)10-11-5-6-12-3-1-4-13(12)9-11/h5-6,9H,1-4,7-8,10,17H2. The first-order valence-electron chi connectivity index (χ1n) is 7.46. The van der Waals surface area contributed by atoms with Gasteiger partial charge in [0.25, 0.3) is 0 Å². The van der Waals surface area contributed by atoms with Crippen LogP contribution in [0.25, 0.3) is 0 Å². The van der Waals surface area contributed by atoms with Gasteiger partial charge in [0.05, 0.1) is 12.0 Å². The van der Waals surface area contributed by atoms with E-state index < -0.39 is 0 Å². The number of nitrogens with zero attached hydrogens (tertiary/aromatic N) is 2. The van der Waals surface area contributed by atoms with E-state index in [0.29, 0.717) is 18.1 Å². The molecule has 0 radical (unpaired) electrons. The molecule has 1 saturated carbocycles. The smallest absolute Gasteiger partial charge is 0.231 e. The van der Waals surface area contributed by atoms with Gasteiger partial charge in [-0.15, -0.1) is 0 Å². The van der Waals surface area contributed by atoms with E-state index in [-0.39, 0.29) is 5.54 Å². The fourth-order valence-corrected chi connectivity index (χ4v) is 3.22. The number of nitrogens with two attached hydrogens (primary N) is 1. The van der Waals surface area contributed by atoms with E-state index >= 15 is 0 Å². The van der Waals surface area contributed by atoms with Crippen molar-refractivity contribution in [3.63, 3.8) is 0 Å². The van der Waals surface area contributed by atoms with Crippen molar-refractivity contribution < 1.29 is 4.52 Å². The van der Waals surface area contributed by atoms with Crippen LogP contribution in [0.4, 0.5) is 0 Å². The third-order valence-electron chi connectivity index (χ3n) is 4.68. The number of rotatable bonds is 3. The molecule has 0 spiro atoms. The van der Waals surface area contributed by atoms with Gasteiger partial charge < -0.3 is 10.3 Å². The highest BCUT2D eigenvalue weighted by molar-refractivity contribution is 5.36. The summed E-state index contributed by atoms with van der Waals surface area (Å²) in [6, 6.07) is 6.70. The number of aromatic nitrogens is 2. The first-order chi connectivity index (χ1) is 9.73. The molecule has 1 fully saturated rings. The van der Waals surface area contributed by atoms with Crippen molar-refractivity contribution in [3.8, 4) is 0 Å². The van der Waals surface area contributed by atoms with Gasteiger partial charge in [-0.05, 0) is 55.2 Å². The van der Waals surface area contributed by atoms with Crippen LogP contribution in [0.15, 0.2) is 22.7 Å². The fraction of sp³-hybridized carbons (Fsp3) is 0.500. The molecule has 4 heteroatoms. The van der Waals surface area contributed by atoms with Crippen LogP contribution >= 0.6 is 0 Å². The molecule has 1 aromatic heterocycles. The lowest BCUT2D eigenvalue weighted by molar-refractivity contribution is 0.229. The van der Waals surface area contributed by atoms with Gasteiger partial charge in [0.2, 0.25) is 5.89 Å². The molecule has 0 saturated heterocycles. The maximum Gasteiger partial charge on any atom is 0.231 e. The highest BCUT2D eigenvalue weighted by atomic mass is 16.5. The Morgan fingerprint density at radius 2 is 2.00 bits per heavy atom. The Bertz CT molecular complexity index is 643. The molecule has 0 amide bonds. The Hall–Kier alpha value is -1.68. The highest BCUT2D eigenvalue weighted by Crippen LogP contribution is 2.37. The van der Waals surface area contributed by atoms with Gasteiger partial charge in [0, 0.05) is 0 Å². The first-order valence-corrected chi connectivity index (χ1v) is 7.46. The van der Waals surface area contributed by atoms with Crippen molar-refractivity contribution in [3.05, 3.63) is 46.6 Å². The topological polar surface area (TPSA) is 64.9 Å². The average Bonchev–Trinajstić information content (AvgIpc) is 3.04. The normalized spacial score (nSPS) is 19.6. The maximum atomic E-state index is 6.22. The molecule has 0 unspecified atom stereocenters. The van der Waals surface area contributed by atoms with E-state index in [1.807, 2.05) is 0 Å². The first kappa shape index (κ1) is 12.1. The van der Waals surface area contributed by atoms with E-state index in [0.717, 1.165) is 19.3 Å². The minimum Gasteiger partial charge on any atom is -0.339 e. The second-order valence-electron chi connectivity index (χ2n) is 6.15. The molecule has 4 rings (SSSR count). The van der Waals surface area contributed by atoms with Gasteiger partial charge >= 0.3 is 0 Å². The third kappa shape index (κ3) is 1.95. The highest BCUT2D eigenvalue weighted by Gasteiger charge is 2.38. The molecule has 2 N–H and O–H groups in total. The predicted octanol–water partition coefficient (Wildman–Crippen LogP) is 2.49. The Morgan fingerprint density at radius 3 is 2.80 bits per heavy atom. The Balaban J connectivity index is 1.54. The van der Waals surface area contributed by atoms with Crippen LogP contribution in [0.3, 0.4) is 0 Å². The fourth-order valence-electron chi connectivity index (χ4n) is 3.22. The van der Waals surface area contributed by atoms with Crippen LogP contribution in [0.2, 0.25) is 0 Å². The van der Waals surface area contributed by atoms with Crippen molar-refractivity contribution in [2.24, 2.45) is 5.73 Å². The van der Waals surface area contributed by atoms with Crippen LogP contribution in [0.5, 0.6) is 0 Å². The van der Waals surface area contributed by atoms with E-state index in [1.54, 1.807) is 0 Å². The SMILES string of the molecule is NC1(c2noc(Cc3ccc4c(c3)CCC4)n2)CCC1. The van der Waals surface area contributed by atoms with Crippen LogP contribution in [-0.4, -0.2) is 10.1 Å². The summed E-state index contributed by atoms with van der Waals surface area (Å²) in [7, 11) is 0. The zero-order chi connectivity index (χ0) is 13.6. The van der Waals surface area contributed by atoms with Crippen molar-refractivity contribution >= 4 is 0 Å². The van der Waals surface area contributed by atoms with E-state index in [1.165, 1.54) is 36.0 Å². The molecule has 0 aliphatic heterocycles. The Labute approximate surface area is 118 Å². The summed E-state index contributed by atoms with van der Waals surface area (Å²) < 4.78 is 5.37. The molecule has 0 atom stereocenters. The zero-order valence-corrected chi connectivity index (χ0v) is 11.6. The van der Waals surface area contributed by atoms with E-state index in [2.05, 4.69) is 28.3 Å². The summed E-state index contributed by atoms with van der Waals surface area (Å²) in [6.07, 6.45) is 7.48. The van der Waals surface area contributed by atoms with Crippen LogP contribution in [0, 0.1) is 0 Å². The molecule has 0 bridgehead atoms. The number of aryl methyl sites for hydroxylation is 2. The predicted molar refractivity (Wildman–Crippen MR) is 75.3 cm³/mol. The van der Waals surface area contributed by atoms with Crippen molar-refractivity contribution in [2.45, 2.75) is 50.5 Å². The van der Waals surface area contributed by atoms with Gasteiger partial charge in [-0.2, -0.15) is 4.98 Å². The van der Waals surface area contributed by atoms with Crippen molar-refractivity contribution in [2.75, 3.05) is 0 Å². The summed E-state index contributed by atoms with van der Waals surface area (Å²) in [6.45, 7) is 0. The molecular formula is C16H19N3O. The minimum atomic E-state index is -0.334. The van der Waals surface area contributed by atoms with E-state index in [4.69, 9.17) is 10.3 Å². The number of hydrogen-bond acceptors (Lipinski definition) is 4. The minimum absolute atomic E-state index is 0.334. The molecule has 1 aromatic carbocycles. The molecule has 4 nitrogen and oxygen atoms in total. The van der Waals surface area contributed by atoms with Gasteiger partial charge in [0.15, 0.2) is 5.82 Å². The summed E-state index contributed by atoms with van der Waals surface area (Å²) in [5.41, 5.74) is 10.1. The number of benzene rings is 1. The summed E-state index contributed by atoms with van der Waals surface area (Å²) in [5, 5.41) is 4.07. The second kappa shape index (κ2) is 4.42. The molecule has 1 heterocycles. The summed E-state index contributed by atoms with van der Waals surface area (Å²) in [5.74, 6) is 1.36. The monoisotopic (exact) mass is 269 g/mol. The molecule has 2 aliphatic rings.